The summed E-state index contributed by atoms with van der Waals surface area (Å²) in [6.45, 7) is 0.483. The van der Waals surface area contributed by atoms with Crippen LogP contribution in [-0.4, -0.2) is 37.5 Å². The molecule has 0 heterocycles. The molecule has 0 atom stereocenters. The lowest BCUT2D eigenvalue weighted by atomic mass is 10.1. The lowest BCUT2D eigenvalue weighted by Gasteiger charge is -2.19. The molecule has 0 aromatic heterocycles. The van der Waals surface area contributed by atoms with Crippen LogP contribution in [0, 0.1) is 16.7 Å². The highest BCUT2D eigenvalue weighted by atomic mass is 16.5. The van der Waals surface area contributed by atoms with Crippen molar-refractivity contribution in [3.05, 3.63) is 0 Å². The Morgan fingerprint density at radius 2 is 2.12 bits per heavy atom. The van der Waals surface area contributed by atoms with Crippen LogP contribution in [0.4, 0.5) is 0 Å². The Morgan fingerprint density at radius 3 is 2.56 bits per heavy atom. The van der Waals surface area contributed by atoms with Crippen molar-refractivity contribution in [2.75, 3.05) is 20.7 Å². The molecule has 0 radical (unpaired) electrons. The summed E-state index contributed by atoms with van der Waals surface area (Å²) >= 11 is 0. The van der Waals surface area contributed by atoms with Gasteiger partial charge in [-0.2, -0.15) is 5.26 Å². The van der Waals surface area contributed by atoms with E-state index >= 15 is 0 Å². The Kier molecular flexibility index (Phi) is 3.88. The molecule has 0 unspecified atom stereocenters. The lowest BCUT2D eigenvalue weighted by Crippen LogP contribution is -2.34. The molecule has 88 valence electrons. The monoisotopic (exact) mass is 224 g/mol. The zero-order valence-electron chi connectivity index (χ0n) is 9.65. The van der Waals surface area contributed by atoms with Gasteiger partial charge in [-0.05, 0) is 19.3 Å². The van der Waals surface area contributed by atoms with Crippen molar-refractivity contribution in [3.63, 3.8) is 0 Å². The van der Waals surface area contributed by atoms with E-state index in [0.717, 1.165) is 0 Å². The Balaban J connectivity index is 2.31. The van der Waals surface area contributed by atoms with Crippen LogP contribution in [0.1, 0.15) is 25.7 Å². The van der Waals surface area contributed by atoms with Gasteiger partial charge in [-0.25, -0.2) is 0 Å². The van der Waals surface area contributed by atoms with Crippen molar-refractivity contribution >= 4 is 11.9 Å². The van der Waals surface area contributed by atoms with E-state index in [1.54, 1.807) is 7.05 Å². The van der Waals surface area contributed by atoms with Gasteiger partial charge < -0.3 is 9.64 Å². The number of nitrogens with zero attached hydrogens (tertiary/aromatic N) is 2. The normalized spacial score (nSPS) is 16.1. The van der Waals surface area contributed by atoms with E-state index in [9.17, 15) is 9.59 Å². The molecule has 0 aromatic rings. The second-order valence-electron chi connectivity index (χ2n) is 4.10. The van der Waals surface area contributed by atoms with Crippen molar-refractivity contribution in [2.45, 2.75) is 25.7 Å². The van der Waals surface area contributed by atoms with E-state index in [-0.39, 0.29) is 11.9 Å². The number of carbonyl (C=O) groups excluding carboxylic acids is 2. The van der Waals surface area contributed by atoms with Gasteiger partial charge in [0.15, 0.2) is 0 Å². The van der Waals surface area contributed by atoms with Gasteiger partial charge in [0, 0.05) is 20.0 Å². The smallest absolute Gasteiger partial charge is 0.305 e. The number of methoxy groups -OCH3 is 1. The van der Waals surface area contributed by atoms with Crippen LogP contribution >= 0.6 is 0 Å². The van der Waals surface area contributed by atoms with E-state index in [0.29, 0.717) is 32.2 Å². The van der Waals surface area contributed by atoms with Crippen LogP contribution in [0.2, 0.25) is 0 Å². The standard InChI is InChI=1S/C11H16N2O3/c1-13(7-3-4-9(14)16-2)10(15)11(8-12)5-6-11/h3-7H2,1-2H3. The molecule has 0 aliphatic heterocycles. The van der Waals surface area contributed by atoms with Crippen molar-refractivity contribution in [3.8, 4) is 6.07 Å². The molecule has 0 N–H and O–H groups in total. The number of esters is 1. The van der Waals surface area contributed by atoms with E-state index in [4.69, 9.17) is 5.26 Å². The summed E-state index contributed by atoms with van der Waals surface area (Å²) in [4.78, 5) is 24.2. The second-order valence-corrected chi connectivity index (χ2v) is 4.10. The first-order valence-corrected chi connectivity index (χ1v) is 5.29. The topological polar surface area (TPSA) is 70.4 Å². The van der Waals surface area contributed by atoms with Gasteiger partial charge in [0.2, 0.25) is 5.91 Å². The molecule has 1 rings (SSSR count). The van der Waals surface area contributed by atoms with Crippen molar-refractivity contribution in [1.82, 2.24) is 4.90 Å². The van der Waals surface area contributed by atoms with Crippen LogP contribution in [0.5, 0.6) is 0 Å². The Morgan fingerprint density at radius 1 is 1.50 bits per heavy atom. The van der Waals surface area contributed by atoms with Crippen LogP contribution < -0.4 is 0 Å². The van der Waals surface area contributed by atoms with Crippen LogP contribution in [0.3, 0.4) is 0 Å². The van der Waals surface area contributed by atoms with Crippen LogP contribution in [0.15, 0.2) is 0 Å². The van der Waals surface area contributed by atoms with Gasteiger partial charge in [-0.3, -0.25) is 9.59 Å². The number of carbonyl (C=O) groups is 2. The summed E-state index contributed by atoms with van der Waals surface area (Å²) in [5, 5.41) is 8.86. The van der Waals surface area contributed by atoms with Gasteiger partial charge in [-0.15, -0.1) is 0 Å². The van der Waals surface area contributed by atoms with Gasteiger partial charge in [0.05, 0.1) is 13.2 Å². The molecule has 0 bridgehead atoms. The van der Waals surface area contributed by atoms with Crippen LogP contribution in [-0.2, 0) is 14.3 Å². The molecule has 5 heteroatoms. The third kappa shape index (κ3) is 2.72. The minimum Gasteiger partial charge on any atom is -0.469 e. The number of ether oxygens (including phenoxy) is 1. The number of hydrogen-bond donors (Lipinski definition) is 0. The fraction of sp³-hybridized carbons (Fsp3) is 0.727. The molecule has 1 saturated carbocycles. The molecular formula is C11H16N2O3. The third-order valence-electron chi connectivity index (χ3n) is 2.82. The zero-order chi connectivity index (χ0) is 12.2. The molecule has 1 aliphatic carbocycles. The first-order chi connectivity index (χ1) is 7.55. The number of amides is 1. The maximum Gasteiger partial charge on any atom is 0.305 e. The SMILES string of the molecule is COC(=O)CCCN(C)C(=O)C1(C#N)CC1. The zero-order valence-corrected chi connectivity index (χ0v) is 9.65. The Bertz CT molecular complexity index is 329. The third-order valence-corrected chi connectivity index (χ3v) is 2.82. The highest BCUT2D eigenvalue weighted by Gasteiger charge is 2.51. The van der Waals surface area contributed by atoms with E-state index in [1.165, 1.54) is 12.0 Å². The minimum atomic E-state index is -0.764. The average Bonchev–Trinajstić information content (AvgIpc) is 3.08. The molecule has 1 aliphatic rings. The van der Waals surface area contributed by atoms with Gasteiger partial charge in [-0.1, -0.05) is 0 Å². The van der Waals surface area contributed by atoms with E-state index in [1.807, 2.05) is 0 Å². The largest absolute Gasteiger partial charge is 0.469 e. The molecule has 5 nitrogen and oxygen atoms in total. The summed E-state index contributed by atoms with van der Waals surface area (Å²) in [5.74, 6) is -0.401. The van der Waals surface area contributed by atoms with Crippen molar-refractivity contribution in [1.29, 1.82) is 5.26 Å². The summed E-state index contributed by atoms with van der Waals surface area (Å²) in [6.07, 6.45) is 2.18. The second kappa shape index (κ2) is 4.97. The maximum atomic E-state index is 11.8. The number of rotatable bonds is 5. The number of hydrogen-bond acceptors (Lipinski definition) is 4. The summed E-state index contributed by atoms with van der Waals surface area (Å²) < 4.78 is 4.50. The molecule has 0 spiro atoms. The Hall–Kier alpha value is -1.57. The highest BCUT2D eigenvalue weighted by molar-refractivity contribution is 5.88. The van der Waals surface area contributed by atoms with Gasteiger partial charge in [0.1, 0.15) is 5.41 Å². The Labute approximate surface area is 95.0 Å². The first-order valence-electron chi connectivity index (χ1n) is 5.29. The first kappa shape index (κ1) is 12.5. The molecule has 0 saturated heterocycles. The quantitative estimate of drug-likeness (QED) is 0.644. The van der Waals surface area contributed by atoms with Gasteiger partial charge in [0.25, 0.3) is 0 Å². The average molecular weight is 224 g/mol. The summed E-state index contributed by atoms with van der Waals surface area (Å²) in [5.41, 5.74) is -0.764. The van der Waals surface area contributed by atoms with Gasteiger partial charge >= 0.3 is 5.97 Å². The molecule has 0 aromatic carbocycles. The predicted molar refractivity (Wildman–Crippen MR) is 56.2 cm³/mol. The number of nitriles is 1. The molecule has 16 heavy (non-hydrogen) atoms. The molecular weight excluding hydrogens is 208 g/mol. The highest BCUT2D eigenvalue weighted by Crippen LogP contribution is 2.46. The predicted octanol–water partition coefficient (Wildman–Crippen LogP) is 0.702. The summed E-state index contributed by atoms with van der Waals surface area (Å²) in [6, 6.07) is 2.06. The molecule has 1 fully saturated rings. The minimum absolute atomic E-state index is 0.125. The fourth-order valence-electron chi connectivity index (χ4n) is 1.53. The lowest BCUT2D eigenvalue weighted by molar-refractivity contribution is -0.141. The van der Waals surface area contributed by atoms with Crippen molar-refractivity contribution < 1.29 is 14.3 Å². The molecule has 1 amide bonds. The summed E-state index contributed by atoms with van der Waals surface area (Å²) in [7, 11) is 3.00. The fourth-order valence-corrected chi connectivity index (χ4v) is 1.53. The van der Waals surface area contributed by atoms with E-state index < -0.39 is 5.41 Å². The van der Waals surface area contributed by atoms with E-state index in [2.05, 4.69) is 10.8 Å². The maximum absolute atomic E-state index is 11.8. The van der Waals surface area contributed by atoms with Crippen LogP contribution in [0.25, 0.3) is 0 Å². The van der Waals surface area contributed by atoms with Crippen molar-refractivity contribution in [2.24, 2.45) is 5.41 Å².